The summed E-state index contributed by atoms with van der Waals surface area (Å²) in [4.78, 5) is 11.5. The van der Waals surface area contributed by atoms with Gasteiger partial charge in [-0.25, -0.2) is 0 Å². The third-order valence-electron chi connectivity index (χ3n) is 3.19. The van der Waals surface area contributed by atoms with Gasteiger partial charge < -0.3 is 5.73 Å². The zero-order chi connectivity index (χ0) is 9.90. The van der Waals surface area contributed by atoms with E-state index in [1.54, 1.807) is 0 Å². The third-order valence-corrected chi connectivity index (χ3v) is 3.19. The van der Waals surface area contributed by atoms with Crippen LogP contribution in [0, 0.1) is 11.3 Å². The Hall–Kier alpha value is -0.370. The van der Waals surface area contributed by atoms with E-state index in [0.717, 1.165) is 12.8 Å². The molecule has 0 saturated heterocycles. The van der Waals surface area contributed by atoms with Crippen LogP contribution in [0.1, 0.15) is 46.0 Å². The van der Waals surface area contributed by atoms with Crippen LogP contribution in [-0.4, -0.2) is 12.3 Å². The highest BCUT2D eigenvalue weighted by atomic mass is 16.1. The Balaban J connectivity index is 2.36. The fourth-order valence-corrected chi connectivity index (χ4v) is 2.07. The van der Waals surface area contributed by atoms with Gasteiger partial charge in [0.2, 0.25) is 0 Å². The molecule has 0 heterocycles. The molecular formula is C11H21NO. The first-order valence-corrected chi connectivity index (χ1v) is 5.28. The SMILES string of the molecule is CC1(C)CCC(C(=O)CCN)CC1. The number of nitrogens with two attached hydrogens (primary N) is 1. The maximum atomic E-state index is 11.5. The molecule has 1 fully saturated rings. The molecule has 0 unspecified atom stereocenters. The summed E-state index contributed by atoms with van der Waals surface area (Å²) >= 11 is 0. The number of rotatable bonds is 3. The van der Waals surface area contributed by atoms with Gasteiger partial charge in [0.15, 0.2) is 0 Å². The van der Waals surface area contributed by atoms with Crippen molar-refractivity contribution >= 4 is 5.78 Å². The highest BCUT2D eigenvalue weighted by molar-refractivity contribution is 5.81. The minimum Gasteiger partial charge on any atom is -0.330 e. The summed E-state index contributed by atoms with van der Waals surface area (Å²) in [5.74, 6) is 0.703. The van der Waals surface area contributed by atoms with Gasteiger partial charge in [0.05, 0.1) is 0 Å². The molecule has 76 valence electrons. The second-order valence-corrected chi connectivity index (χ2v) is 4.94. The number of hydrogen-bond acceptors (Lipinski definition) is 2. The van der Waals surface area contributed by atoms with Crippen LogP contribution in [0.3, 0.4) is 0 Å². The summed E-state index contributed by atoms with van der Waals surface area (Å²) in [6.45, 7) is 5.09. The third kappa shape index (κ3) is 3.11. The van der Waals surface area contributed by atoms with Crippen molar-refractivity contribution in [3.63, 3.8) is 0 Å². The van der Waals surface area contributed by atoms with Crippen LogP contribution < -0.4 is 5.73 Å². The van der Waals surface area contributed by atoms with Crippen LogP contribution in [0.25, 0.3) is 0 Å². The Morgan fingerprint density at radius 1 is 1.38 bits per heavy atom. The molecule has 0 aromatic rings. The standard InChI is InChI=1S/C11H21NO/c1-11(2)6-3-9(4-7-11)10(13)5-8-12/h9H,3-8,12H2,1-2H3. The van der Waals surface area contributed by atoms with E-state index in [1.165, 1.54) is 12.8 Å². The molecule has 2 N–H and O–H groups in total. The van der Waals surface area contributed by atoms with Gasteiger partial charge in [0, 0.05) is 12.3 Å². The monoisotopic (exact) mass is 183 g/mol. The van der Waals surface area contributed by atoms with Gasteiger partial charge in [0.25, 0.3) is 0 Å². The topological polar surface area (TPSA) is 43.1 Å². The van der Waals surface area contributed by atoms with Crippen molar-refractivity contribution in [1.29, 1.82) is 0 Å². The Bertz CT molecular complexity index is 177. The van der Waals surface area contributed by atoms with E-state index in [9.17, 15) is 4.79 Å². The van der Waals surface area contributed by atoms with Gasteiger partial charge >= 0.3 is 0 Å². The average Bonchev–Trinajstić information content (AvgIpc) is 2.04. The summed E-state index contributed by atoms with van der Waals surface area (Å²) in [5.41, 5.74) is 5.83. The van der Waals surface area contributed by atoms with Gasteiger partial charge in [-0.05, 0) is 37.6 Å². The van der Waals surface area contributed by atoms with E-state index in [4.69, 9.17) is 5.73 Å². The fourth-order valence-electron chi connectivity index (χ4n) is 2.07. The number of ketones is 1. The second-order valence-electron chi connectivity index (χ2n) is 4.94. The predicted molar refractivity (Wildman–Crippen MR) is 54.4 cm³/mol. The minimum absolute atomic E-state index is 0.316. The number of Topliss-reactive ketones (excluding diaryl/α,β-unsaturated/α-hetero) is 1. The van der Waals surface area contributed by atoms with E-state index >= 15 is 0 Å². The normalized spacial score (nSPS) is 23.0. The van der Waals surface area contributed by atoms with Crippen LogP contribution in [0.2, 0.25) is 0 Å². The lowest BCUT2D eigenvalue weighted by molar-refractivity contribution is -0.124. The highest BCUT2D eigenvalue weighted by Gasteiger charge is 2.29. The largest absolute Gasteiger partial charge is 0.330 e. The lowest BCUT2D eigenvalue weighted by atomic mass is 9.72. The quantitative estimate of drug-likeness (QED) is 0.728. The molecule has 1 aliphatic carbocycles. The van der Waals surface area contributed by atoms with Crippen molar-refractivity contribution in [3.05, 3.63) is 0 Å². The number of carbonyl (C=O) groups is 1. The fraction of sp³-hybridized carbons (Fsp3) is 0.909. The van der Waals surface area contributed by atoms with Gasteiger partial charge in [-0.1, -0.05) is 13.8 Å². The van der Waals surface area contributed by atoms with Crippen LogP contribution in [-0.2, 0) is 4.79 Å². The first-order chi connectivity index (χ1) is 6.05. The van der Waals surface area contributed by atoms with E-state index in [0.29, 0.717) is 30.1 Å². The Kier molecular flexibility index (Phi) is 3.48. The van der Waals surface area contributed by atoms with Crippen molar-refractivity contribution in [2.45, 2.75) is 46.0 Å². The summed E-state index contributed by atoms with van der Waals surface area (Å²) in [6, 6.07) is 0. The molecule has 0 aliphatic heterocycles. The lowest BCUT2D eigenvalue weighted by Gasteiger charge is -2.33. The van der Waals surface area contributed by atoms with Crippen LogP contribution in [0.15, 0.2) is 0 Å². The number of hydrogen-bond donors (Lipinski definition) is 1. The average molecular weight is 183 g/mol. The minimum atomic E-state index is 0.316. The molecule has 0 spiro atoms. The first-order valence-electron chi connectivity index (χ1n) is 5.28. The molecule has 0 radical (unpaired) electrons. The van der Waals surface area contributed by atoms with E-state index in [1.807, 2.05) is 0 Å². The van der Waals surface area contributed by atoms with E-state index < -0.39 is 0 Å². The van der Waals surface area contributed by atoms with Crippen LogP contribution >= 0.6 is 0 Å². The molecule has 0 amide bonds. The van der Waals surface area contributed by atoms with Crippen LogP contribution in [0.4, 0.5) is 0 Å². The van der Waals surface area contributed by atoms with E-state index in [-0.39, 0.29) is 0 Å². The molecule has 13 heavy (non-hydrogen) atoms. The molecule has 2 nitrogen and oxygen atoms in total. The summed E-state index contributed by atoms with van der Waals surface area (Å²) in [6.07, 6.45) is 5.10. The first kappa shape index (κ1) is 10.7. The van der Waals surface area contributed by atoms with Gasteiger partial charge in [-0.3, -0.25) is 4.79 Å². The van der Waals surface area contributed by atoms with Crippen molar-refractivity contribution in [3.8, 4) is 0 Å². The molecule has 0 bridgehead atoms. The van der Waals surface area contributed by atoms with Crippen molar-refractivity contribution in [2.75, 3.05) is 6.54 Å². The maximum absolute atomic E-state index is 11.5. The molecule has 1 rings (SSSR count). The summed E-state index contributed by atoms with van der Waals surface area (Å²) in [7, 11) is 0. The van der Waals surface area contributed by atoms with Gasteiger partial charge in [-0.2, -0.15) is 0 Å². The Labute approximate surface area is 80.9 Å². The Morgan fingerprint density at radius 3 is 2.38 bits per heavy atom. The molecular weight excluding hydrogens is 162 g/mol. The molecule has 1 saturated carbocycles. The smallest absolute Gasteiger partial charge is 0.137 e. The summed E-state index contributed by atoms with van der Waals surface area (Å²) < 4.78 is 0. The highest BCUT2D eigenvalue weighted by Crippen LogP contribution is 2.38. The van der Waals surface area contributed by atoms with Crippen molar-refractivity contribution < 1.29 is 4.79 Å². The summed E-state index contributed by atoms with van der Waals surface area (Å²) in [5, 5.41) is 0. The molecule has 0 atom stereocenters. The van der Waals surface area contributed by atoms with Crippen LogP contribution in [0.5, 0.6) is 0 Å². The van der Waals surface area contributed by atoms with Crippen molar-refractivity contribution in [2.24, 2.45) is 17.1 Å². The predicted octanol–water partition coefficient (Wildman–Crippen LogP) is 2.12. The molecule has 2 heteroatoms. The molecule has 0 aromatic heterocycles. The van der Waals surface area contributed by atoms with Crippen molar-refractivity contribution in [1.82, 2.24) is 0 Å². The van der Waals surface area contributed by atoms with Gasteiger partial charge in [0.1, 0.15) is 5.78 Å². The van der Waals surface area contributed by atoms with E-state index in [2.05, 4.69) is 13.8 Å². The maximum Gasteiger partial charge on any atom is 0.137 e. The molecule has 0 aromatic carbocycles. The number of carbonyl (C=O) groups excluding carboxylic acids is 1. The zero-order valence-electron chi connectivity index (χ0n) is 8.81. The molecule has 1 aliphatic rings. The lowest BCUT2D eigenvalue weighted by Crippen LogP contribution is -2.27. The Morgan fingerprint density at radius 2 is 1.92 bits per heavy atom. The second kappa shape index (κ2) is 4.23. The van der Waals surface area contributed by atoms with Gasteiger partial charge in [-0.15, -0.1) is 0 Å². The zero-order valence-corrected chi connectivity index (χ0v) is 8.81.